The first-order chi connectivity index (χ1) is 13.4. The van der Waals surface area contributed by atoms with E-state index in [1.165, 1.54) is 30.6 Å². The van der Waals surface area contributed by atoms with E-state index in [1.807, 2.05) is 13.8 Å². The highest BCUT2D eigenvalue weighted by Gasteiger charge is 2.17. The largest absolute Gasteiger partial charge is 0.478 e. The van der Waals surface area contributed by atoms with Crippen molar-refractivity contribution in [2.75, 3.05) is 5.32 Å². The SMILES string of the molecule is CCC(C)c1cnc(-c2cc(Cl)ccc2F)cc1Nc1ccncc1C(=O)O. The maximum Gasteiger partial charge on any atom is 0.339 e. The molecular weight excluding hydrogens is 381 g/mol. The molecule has 0 radical (unpaired) electrons. The molecule has 1 unspecified atom stereocenters. The van der Waals surface area contributed by atoms with E-state index in [0.29, 0.717) is 22.1 Å². The summed E-state index contributed by atoms with van der Waals surface area (Å²) in [6.45, 7) is 4.10. The number of nitrogens with one attached hydrogen (secondary N) is 1. The minimum Gasteiger partial charge on any atom is -0.478 e. The van der Waals surface area contributed by atoms with Crippen molar-refractivity contribution in [1.82, 2.24) is 9.97 Å². The number of rotatable bonds is 6. The second-order valence-electron chi connectivity index (χ2n) is 6.44. The van der Waals surface area contributed by atoms with Gasteiger partial charge in [-0.1, -0.05) is 25.4 Å². The normalized spacial score (nSPS) is 11.9. The Bertz CT molecular complexity index is 1030. The molecular formula is C21H19ClFN3O2. The number of halogens is 2. The predicted octanol–water partition coefficient (Wildman–Crippen LogP) is 5.89. The lowest BCUT2D eigenvalue weighted by Crippen LogP contribution is -2.06. The molecule has 0 saturated heterocycles. The summed E-state index contributed by atoms with van der Waals surface area (Å²) in [6.07, 6.45) is 5.35. The zero-order valence-corrected chi connectivity index (χ0v) is 16.2. The number of anilines is 2. The molecule has 144 valence electrons. The van der Waals surface area contributed by atoms with Crippen molar-refractivity contribution in [3.63, 3.8) is 0 Å². The van der Waals surface area contributed by atoms with Gasteiger partial charge in [-0.3, -0.25) is 9.97 Å². The average molecular weight is 400 g/mol. The van der Waals surface area contributed by atoms with E-state index in [-0.39, 0.29) is 17.0 Å². The Kier molecular flexibility index (Phi) is 5.90. The van der Waals surface area contributed by atoms with E-state index < -0.39 is 11.8 Å². The molecule has 0 fully saturated rings. The van der Waals surface area contributed by atoms with Crippen molar-refractivity contribution < 1.29 is 14.3 Å². The number of hydrogen-bond donors (Lipinski definition) is 2. The number of aromatic carboxylic acids is 1. The zero-order chi connectivity index (χ0) is 20.3. The Morgan fingerprint density at radius 2 is 2.04 bits per heavy atom. The lowest BCUT2D eigenvalue weighted by atomic mass is 9.97. The standard InChI is InChI=1S/C21H19ClFN3O2/c1-3-12(2)15-11-25-19(14-8-13(22)4-5-17(14)23)9-20(15)26-18-6-7-24-10-16(18)21(27)28/h4-12H,3H2,1-2H3,(H,27,28)(H,24,25,26). The fraction of sp³-hybridized carbons (Fsp3) is 0.190. The van der Waals surface area contributed by atoms with Gasteiger partial charge in [0, 0.05) is 34.9 Å². The molecule has 0 aliphatic rings. The maximum atomic E-state index is 14.3. The summed E-state index contributed by atoms with van der Waals surface area (Å²) in [5, 5.41) is 13.0. The molecule has 3 aromatic rings. The summed E-state index contributed by atoms with van der Waals surface area (Å²) in [7, 11) is 0. The Labute approximate surface area is 167 Å². The predicted molar refractivity (Wildman–Crippen MR) is 108 cm³/mol. The monoisotopic (exact) mass is 399 g/mol. The van der Waals surface area contributed by atoms with Gasteiger partial charge in [-0.25, -0.2) is 9.18 Å². The van der Waals surface area contributed by atoms with Crippen molar-refractivity contribution in [2.24, 2.45) is 0 Å². The third-order valence-electron chi connectivity index (χ3n) is 4.60. The van der Waals surface area contributed by atoms with Crippen molar-refractivity contribution in [1.29, 1.82) is 0 Å². The van der Waals surface area contributed by atoms with Crippen LogP contribution in [0.3, 0.4) is 0 Å². The molecule has 0 spiro atoms. The maximum absolute atomic E-state index is 14.3. The molecule has 5 nitrogen and oxygen atoms in total. The van der Waals surface area contributed by atoms with Gasteiger partial charge in [0.05, 0.1) is 11.4 Å². The van der Waals surface area contributed by atoms with Gasteiger partial charge in [0.2, 0.25) is 0 Å². The van der Waals surface area contributed by atoms with Crippen LogP contribution in [0.15, 0.2) is 48.9 Å². The Balaban J connectivity index is 2.12. The molecule has 0 aliphatic heterocycles. The number of aromatic nitrogens is 2. The number of nitrogens with zero attached hydrogens (tertiary/aromatic N) is 2. The van der Waals surface area contributed by atoms with Crippen molar-refractivity contribution in [2.45, 2.75) is 26.2 Å². The molecule has 7 heteroatoms. The van der Waals surface area contributed by atoms with E-state index in [9.17, 15) is 14.3 Å². The van der Waals surface area contributed by atoms with E-state index >= 15 is 0 Å². The van der Waals surface area contributed by atoms with Gasteiger partial charge in [0.25, 0.3) is 0 Å². The van der Waals surface area contributed by atoms with Gasteiger partial charge >= 0.3 is 5.97 Å². The smallest absolute Gasteiger partial charge is 0.339 e. The van der Waals surface area contributed by atoms with Crippen molar-refractivity contribution in [3.8, 4) is 11.3 Å². The first-order valence-corrected chi connectivity index (χ1v) is 9.18. The summed E-state index contributed by atoms with van der Waals surface area (Å²) in [6, 6.07) is 7.58. The van der Waals surface area contributed by atoms with Gasteiger partial charge in [0.1, 0.15) is 11.4 Å². The fourth-order valence-electron chi connectivity index (χ4n) is 2.85. The van der Waals surface area contributed by atoms with Crippen LogP contribution in [0, 0.1) is 5.82 Å². The van der Waals surface area contributed by atoms with E-state index in [1.54, 1.807) is 18.3 Å². The highest BCUT2D eigenvalue weighted by molar-refractivity contribution is 6.30. The van der Waals surface area contributed by atoms with E-state index in [2.05, 4.69) is 15.3 Å². The minimum atomic E-state index is -1.09. The van der Waals surface area contributed by atoms with E-state index in [4.69, 9.17) is 11.6 Å². The third-order valence-corrected chi connectivity index (χ3v) is 4.84. The van der Waals surface area contributed by atoms with Crippen LogP contribution < -0.4 is 5.32 Å². The van der Waals surface area contributed by atoms with Crippen molar-refractivity contribution in [3.05, 3.63) is 70.9 Å². The molecule has 0 saturated carbocycles. The molecule has 0 aliphatic carbocycles. The molecule has 0 amide bonds. The van der Waals surface area contributed by atoms with E-state index in [0.717, 1.165) is 12.0 Å². The molecule has 2 aromatic heterocycles. The van der Waals surface area contributed by atoms with Crippen LogP contribution in [0.25, 0.3) is 11.3 Å². The highest BCUT2D eigenvalue weighted by atomic mass is 35.5. The van der Waals surface area contributed by atoms with Crippen molar-refractivity contribution >= 4 is 28.9 Å². The summed E-state index contributed by atoms with van der Waals surface area (Å²) in [5.41, 5.74) is 2.69. The number of carbonyl (C=O) groups is 1. The first-order valence-electron chi connectivity index (χ1n) is 8.80. The van der Waals surface area contributed by atoms with Gasteiger partial charge in [-0.2, -0.15) is 0 Å². The summed E-state index contributed by atoms with van der Waals surface area (Å²) in [5.74, 6) is -1.35. The molecule has 0 bridgehead atoms. The van der Waals surface area contributed by atoms with Gasteiger partial charge in [0.15, 0.2) is 0 Å². The number of carboxylic acids is 1. The third kappa shape index (κ3) is 4.12. The number of carboxylic acid groups (broad SMARTS) is 1. The quantitative estimate of drug-likeness (QED) is 0.540. The molecule has 1 aromatic carbocycles. The Morgan fingerprint density at radius 3 is 2.75 bits per heavy atom. The molecule has 2 N–H and O–H groups in total. The Morgan fingerprint density at radius 1 is 1.25 bits per heavy atom. The highest BCUT2D eigenvalue weighted by Crippen LogP contribution is 2.34. The zero-order valence-electron chi connectivity index (χ0n) is 15.4. The summed E-state index contributed by atoms with van der Waals surface area (Å²) < 4.78 is 14.3. The van der Waals surface area contributed by atoms with Crippen LogP contribution in [0.5, 0.6) is 0 Å². The summed E-state index contributed by atoms with van der Waals surface area (Å²) in [4.78, 5) is 19.8. The number of hydrogen-bond acceptors (Lipinski definition) is 4. The number of pyridine rings is 2. The van der Waals surface area contributed by atoms with Crippen LogP contribution >= 0.6 is 11.6 Å². The van der Waals surface area contributed by atoms with Gasteiger partial charge in [-0.15, -0.1) is 0 Å². The topological polar surface area (TPSA) is 75.1 Å². The lowest BCUT2D eigenvalue weighted by molar-refractivity contribution is 0.0697. The molecule has 3 rings (SSSR count). The molecule has 28 heavy (non-hydrogen) atoms. The number of benzene rings is 1. The van der Waals surface area contributed by atoms with Gasteiger partial charge in [-0.05, 0) is 48.2 Å². The molecule has 1 atom stereocenters. The van der Waals surface area contributed by atoms with Crippen LogP contribution in [0.2, 0.25) is 5.02 Å². The second kappa shape index (κ2) is 8.35. The minimum absolute atomic E-state index is 0.0462. The molecule has 2 heterocycles. The van der Waals surface area contributed by atoms with Crippen LogP contribution in [0.1, 0.15) is 42.1 Å². The lowest BCUT2D eigenvalue weighted by Gasteiger charge is -2.18. The van der Waals surface area contributed by atoms with Gasteiger partial charge < -0.3 is 10.4 Å². The first kappa shape index (κ1) is 19.8. The van der Waals surface area contributed by atoms with Crippen LogP contribution in [-0.4, -0.2) is 21.0 Å². The average Bonchev–Trinajstić information content (AvgIpc) is 2.69. The van der Waals surface area contributed by atoms with Crippen LogP contribution in [0.4, 0.5) is 15.8 Å². The Hall–Kier alpha value is -2.99. The second-order valence-corrected chi connectivity index (χ2v) is 6.88. The summed E-state index contributed by atoms with van der Waals surface area (Å²) >= 11 is 6.01. The fourth-order valence-corrected chi connectivity index (χ4v) is 3.02. The van der Waals surface area contributed by atoms with Crippen LogP contribution in [-0.2, 0) is 0 Å².